The zero-order chi connectivity index (χ0) is 15.5. The molecule has 0 saturated carbocycles. The van der Waals surface area contributed by atoms with Crippen LogP contribution in [0.1, 0.15) is 31.9 Å². The van der Waals surface area contributed by atoms with Gasteiger partial charge in [0.15, 0.2) is 0 Å². The van der Waals surface area contributed by atoms with Crippen molar-refractivity contribution in [3.05, 3.63) is 28.5 Å². The van der Waals surface area contributed by atoms with Crippen LogP contribution in [-0.4, -0.2) is 36.5 Å². The minimum absolute atomic E-state index is 0.167. The number of nitriles is 1. The van der Waals surface area contributed by atoms with Gasteiger partial charge >= 0.3 is 0 Å². The molecule has 2 heterocycles. The third-order valence-electron chi connectivity index (χ3n) is 3.86. The lowest BCUT2D eigenvalue weighted by molar-refractivity contribution is 0.272. The van der Waals surface area contributed by atoms with E-state index in [-0.39, 0.29) is 5.75 Å². The predicted molar refractivity (Wildman–Crippen MR) is 84.1 cm³/mol. The maximum absolute atomic E-state index is 12.1. The van der Waals surface area contributed by atoms with Crippen molar-refractivity contribution in [2.75, 3.05) is 18.8 Å². The maximum Gasteiger partial charge on any atom is 0.214 e. The molecule has 1 aliphatic heterocycles. The van der Waals surface area contributed by atoms with Gasteiger partial charge in [0.1, 0.15) is 5.41 Å². The van der Waals surface area contributed by atoms with Crippen LogP contribution in [0.15, 0.2) is 22.8 Å². The topological polar surface area (TPSA) is 74.1 Å². The summed E-state index contributed by atoms with van der Waals surface area (Å²) in [6, 6.07) is 6.03. The molecule has 114 valence electrons. The van der Waals surface area contributed by atoms with E-state index in [1.54, 1.807) is 12.3 Å². The molecule has 0 atom stereocenters. The summed E-state index contributed by atoms with van der Waals surface area (Å²) >= 11 is 3.44. The fourth-order valence-corrected chi connectivity index (χ4v) is 4.82. The lowest BCUT2D eigenvalue weighted by Gasteiger charge is -2.36. The number of hydrogen-bond acceptors (Lipinski definition) is 4. The van der Waals surface area contributed by atoms with Gasteiger partial charge in [-0.2, -0.15) is 5.26 Å². The van der Waals surface area contributed by atoms with Gasteiger partial charge < -0.3 is 0 Å². The minimum Gasteiger partial charge on any atom is -0.258 e. The Labute approximate surface area is 134 Å². The lowest BCUT2D eigenvalue weighted by atomic mass is 9.77. The van der Waals surface area contributed by atoms with Crippen molar-refractivity contribution in [2.45, 2.75) is 31.6 Å². The van der Waals surface area contributed by atoms with Crippen molar-refractivity contribution in [1.29, 1.82) is 5.26 Å². The quantitative estimate of drug-likeness (QED) is 0.814. The van der Waals surface area contributed by atoms with Crippen molar-refractivity contribution in [1.82, 2.24) is 9.29 Å². The highest BCUT2D eigenvalue weighted by Crippen LogP contribution is 2.38. The Morgan fingerprint density at radius 3 is 2.67 bits per heavy atom. The number of sulfonamides is 1. The van der Waals surface area contributed by atoms with Crippen LogP contribution in [-0.2, 0) is 15.4 Å². The van der Waals surface area contributed by atoms with Gasteiger partial charge in [0.2, 0.25) is 10.0 Å². The number of pyridine rings is 1. The molecule has 0 radical (unpaired) electrons. The van der Waals surface area contributed by atoms with Crippen LogP contribution in [0.2, 0.25) is 0 Å². The van der Waals surface area contributed by atoms with Gasteiger partial charge in [-0.25, -0.2) is 12.7 Å². The number of hydrogen-bond donors (Lipinski definition) is 0. The number of halogens is 1. The second kappa shape index (κ2) is 6.42. The average molecular weight is 372 g/mol. The van der Waals surface area contributed by atoms with Crippen LogP contribution in [0.5, 0.6) is 0 Å². The molecule has 0 spiro atoms. The van der Waals surface area contributed by atoms with E-state index in [1.165, 1.54) is 4.31 Å². The predicted octanol–water partition coefficient (Wildman–Crippen LogP) is 2.44. The van der Waals surface area contributed by atoms with Crippen molar-refractivity contribution in [2.24, 2.45) is 0 Å². The van der Waals surface area contributed by atoms with Crippen LogP contribution >= 0.6 is 15.9 Å². The van der Waals surface area contributed by atoms with Crippen LogP contribution < -0.4 is 0 Å². The summed E-state index contributed by atoms with van der Waals surface area (Å²) in [7, 11) is -3.19. The number of piperidine rings is 1. The van der Waals surface area contributed by atoms with Gasteiger partial charge in [-0.05, 0) is 47.3 Å². The Morgan fingerprint density at radius 2 is 2.14 bits per heavy atom. The summed E-state index contributed by atoms with van der Waals surface area (Å²) in [5.74, 6) is 0.167. The normalized spacial score (nSPS) is 19.1. The first-order chi connectivity index (χ1) is 9.95. The van der Waals surface area contributed by atoms with Gasteiger partial charge in [0, 0.05) is 23.8 Å². The highest BCUT2D eigenvalue weighted by Gasteiger charge is 2.41. The van der Waals surface area contributed by atoms with Gasteiger partial charge in [-0.3, -0.25) is 4.98 Å². The molecular weight excluding hydrogens is 354 g/mol. The zero-order valence-corrected chi connectivity index (χ0v) is 14.3. The first kappa shape index (κ1) is 16.4. The molecule has 0 aliphatic carbocycles. The van der Waals surface area contributed by atoms with E-state index in [2.05, 4.69) is 27.0 Å². The van der Waals surface area contributed by atoms with Crippen LogP contribution in [0.25, 0.3) is 0 Å². The van der Waals surface area contributed by atoms with E-state index in [9.17, 15) is 13.7 Å². The summed E-state index contributed by atoms with van der Waals surface area (Å²) in [6.07, 6.45) is 3.22. The summed E-state index contributed by atoms with van der Waals surface area (Å²) in [4.78, 5) is 4.33. The summed E-state index contributed by atoms with van der Waals surface area (Å²) in [5.41, 5.74) is -0.00162. The summed E-state index contributed by atoms with van der Waals surface area (Å²) in [6.45, 7) is 2.60. The molecule has 0 unspecified atom stereocenters. The minimum atomic E-state index is -3.19. The van der Waals surface area contributed by atoms with E-state index in [0.717, 1.165) is 4.47 Å². The van der Waals surface area contributed by atoms with Crippen molar-refractivity contribution < 1.29 is 8.42 Å². The van der Waals surface area contributed by atoms with Gasteiger partial charge in [-0.1, -0.05) is 6.92 Å². The standard InChI is InChI=1S/C14H18BrN3O2S/c1-2-10-21(19,20)18-8-5-14(11-16,6-9-18)13-12(15)4-3-7-17-13/h3-4,7H,2,5-6,8-10H2,1H3. The maximum atomic E-state index is 12.1. The Morgan fingerprint density at radius 1 is 1.48 bits per heavy atom. The molecule has 0 aromatic carbocycles. The van der Waals surface area contributed by atoms with E-state index in [1.807, 2.05) is 13.0 Å². The van der Waals surface area contributed by atoms with E-state index < -0.39 is 15.4 Å². The number of nitrogens with zero attached hydrogens (tertiary/aromatic N) is 3. The van der Waals surface area contributed by atoms with Crippen molar-refractivity contribution >= 4 is 26.0 Å². The zero-order valence-electron chi connectivity index (χ0n) is 11.9. The Balaban J connectivity index is 2.22. The second-order valence-corrected chi connectivity index (χ2v) is 8.19. The molecule has 0 amide bonds. The van der Waals surface area contributed by atoms with Gasteiger partial charge in [0.05, 0.1) is 17.5 Å². The smallest absolute Gasteiger partial charge is 0.214 e. The molecular formula is C14H18BrN3O2S. The number of rotatable bonds is 4. The summed E-state index contributed by atoms with van der Waals surface area (Å²) < 4.78 is 26.5. The Kier molecular flexibility index (Phi) is 5.02. The number of aromatic nitrogens is 1. The molecule has 5 nitrogen and oxygen atoms in total. The van der Waals surface area contributed by atoms with E-state index >= 15 is 0 Å². The molecule has 1 aromatic rings. The molecule has 0 bridgehead atoms. The molecule has 21 heavy (non-hydrogen) atoms. The lowest BCUT2D eigenvalue weighted by Crippen LogP contribution is -2.45. The van der Waals surface area contributed by atoms with E-state index in [4.69, 9.17) is 0 Å². The molecule has 0 N–H and O–H groups in total. The largest absolute Gasteiger partial charge is 0.258 e. The van der Waals surface area contributed by atoms with Crippen molar-refractivity contribution in [3.63, 3.8) is 0 Å². The van der Waals surface area contributed by atoms with Gasteiger partial charge in [0.25, 0.3) is 0 Å². The third-order valence-corrected chi connectivity index (χ3v) is 6.57. The third kappa shape index (κ3) is 3.28. The van der Waals surface area contributed by atoms with Crippen LogP contribution in [0.4, 0.5) is 0 Å². The molecule has 1 fully saturated rings. The van der Waals surface area contributed by atoms with E-state index in [0.29, 0.717) is 38.0 Å². The highest BCUT2D eigenvalue weighted by atomic mass is 79.9. The molecule has 1 saturated heterocycles. The monoisotopic (exact) mass is 371 g/mol. The van der Waals surface area contributed by atoms with Crippen LogP contribution in [0, 0.1) is 11.3 Å². The average Bonchev–Trinajstić information content (AvgIpc) is 2.48. The fraction of sp³-hybridized carbons (Fsp3) is 0.571. The Hall–Kier alpha value is -0.970. The molecule has 1 aliphatic rings. The molecule has 2 rings (SSSR count). The van der Waals surface area contributed by atoms with Gasteiger partial charge in [-0.15, -0.1) is 0 Å². The fourth-order valence-electron chi connectivity index (χ4n) is 2.67. The SMILES string of the molecule is CCCS(=O)(=O)N1CCC(C#N)(c2ncccc2Br)CC1. The Bertz CT molecular complexity index is 646. The summed E-state index contributed by atoms with van der Waals surface area (Å²) in [5, 5.41) is 9.63. The first-order valence-electron chi connectivity index (χ1n) is 6.95. The molecule has 1 aromatic heterocycles. The van der Waals surface area contributed by atoms with Crippen molar-refractivity contribution in [3.8, 4) is 6.07 Å². The second-order valence-electron chi connectivity index (χ2n) is 5.24. The first-order valence-corrected chi connectivity index (χ1v) is 9.35. The van der Waals surface area contributed by atoms with Crippen LogP contribution in [0.3, 0.4) is 0 Å². The molecule has 7 heteroatoms. The highest BCUT2D eigenvalue weighted by molar-refractivity contribution is 9.10.